The Morgan fingerprint density at radius 2 is 1.69 bits per heavy atom. The Hall–Kier alpha value is -3.98. The van der Waals surface area contributed by atoms with Gasteiger partial charge < -0.3 is 24.7 Å². The zero-order chi connectivity index (χ0) is 24.6. The van der Waals surface area contributed by atoms with Crippen molar-refractivity contribution in [2.24, 2.45) is 0 Å². The first-order valence-corrected chi connectivity index (χ1v) is 12.1. The van der Waals surface area contributed by atoms with Crippen molar-refractivity contribution in [3.8, 4) is 11.5 Å². The first-order valence-electron chi connectivity index (χ1n) is 11.1. The molecule has 0 spiro atoms. The van der Waals surface area contributed by atoms with Crippen LogP contribution in [0.5, 0.6) is 11.5 Å². The Morgan fingerprint density at radius 3 is 2.46 bits per heavy atom. The second kappa shape index (κ2) is 11.4. The number of thioether (sulfide) groups is 1. The summed E-state index contributed by atoms with van der Waals surface area (Å²) in [6.45, 7) is 2.44. The molecule has 9 heteroatoms. The highest BCUT2D eigenvalue weighted by Gasteiger charge is 2.16. The molecule has 0 atom stereocenters. The summed E-state index contributed by atoms with van der Waals surface area (Å²) in [4.78, 5) is 30.1. The largest absolute Gasteiger partial charge is 0.497 e. The lowest BCUT2D eigenvalue weighted by Crippen LogP contribution is -2.20. The van der Waals surface area contributed by atoms with Gasteiger partial charge in [0.05, 0.1) is 36.2 Å². The number of fused-ring (bicyclic) bond motifs is 1. The average Bonchev–Trinajstić information content (AvgIpc) is 3.21. The molecule has 0 saturated heterocycles. The molecule has 35 heavy (non-hydrogen) atoms. The van der Waals surface area contributed by atoms with Gasteiger partial charge in [-0.1, -0.05) is 36.0 Å². The molecule has 2 amide bonds. The standard InChI is InChI=1S/C26H26N4O4S/c1-3-34-23-11-7-5-9-21(23)28-24(31)16-30-22-10-6-4-8-20(22)29-26(30)35-17-25(32)27-18-12-14-19(33-2)15-13-18/h4-15H,3,16-17H2,1-2H3,(H,27,32)(H,28,31). The van der Waals surface area contributed by atoms with E-state index in [-0.39, 0.29) is 24.1 Å². The predicted octanol–water partition coefficient (Wildman–Crippen LogP) is 4.81. The number of hydrogen-bond donors (Lipinski definition) is 2. The van der Waals surface area contributed by atoms with E-state index in [2.05, 4.69) is 15.6 Å². The van der Waals surface area contributed by atoms with E-state index >= 15 is 0 Å². The van der Waals surface area contributed by atoms with Crippen LogP contribution in [0.25, 0.3) is 11.0 Å². The van der Waals surface area contributed by atoms with Gasteiger partial charge in [-0.25, -0.2) is 4.98 Å². The third-order valence-corrected chi connectivity index (χ3v) is 6.06. The molecule has 0 unspecified atom stereocenters. The van der Waals surface area contributed by atoms with Gasteiger partial charge in [-0.15, -0.1) is 0 Å². The van der Waals surface area contributed by atoms with Crippen LogP contribution in [0.4, 0.5) is 11.4 Å². The Bertz CT molecular complexity index is 1320. The normalized spacial score (nSPS) is 10.7. The lowest BCUT2D eigenvalue weighted by Gasteiger charge is -2.13. The summed E-state index contributed by atoms with van der Waals surface area (Å²) in [5.74, 6) is 1.08. The Labute approximate surface area is 207 Å². The monoisotopic (exact) mass is 490 g/mol. The van der Waals surface area contributed by atoms with E-state index < -0.39 is 0 Å². The highest BCUT2D eigenvalue weighted by molar-refractivity contribution is 7.99. The summed E-state index contributed by atoms with van der Waals surface area (Å²) >= 11 is 1.28. The Morgan fingerprint density at radius 1 is 0.943 bits per heavy atom. The van der Waals surface area contributed by atoms with Crippen molar-refractivity contribution >= 4 is 46.0 Å². The molecule has 4 rings (SSSR count). The maximum absolute atomic E-state index is 12.9. The van der Waals surface area contributed by atoms with Crippen molar-refractivity contribution < 1.29 is 19.1 Å². The number of carbonyl (C=O) groups excluding carboxylic acids is 2. The number of anilines is 2. The Kier molecular flexibility index (Phi) is 7.89. The van der Waals surface area contributed by atoms with Crippen molar-refractivity contribution in [2.75, 3.05) is 30.1 Å². The summed E-state index contributed by atoms with van der Waals surface area (Å²) in [6.07, 6.45) is 0. The van der Waals surface area contributed by atoms with Crippen molar-refractivity contribution in [3.05, 3.63) is 72.8 Å². The van der Waals surface area contributed by atoms with Crippen LogP contribution < -0.4 is 20.1 Å². The molecule has 1 aromatic heterocycles. The molecule has 0 saturated carbocycles. The number of aromatic nitrogens is 2. The van der Waals surface area contributed by atoms with Crippen LogP contribution in [0.3, 0.4) is 0 Å². The number of nitrogens with one attached hydrogen (secondary N) is 2. The molecule has 0 aliphatic rings. The molecule has 0 fully saturated rings. The minimum Gasteiger partial charge on any atom is -0.497 e. The molecular formula is C26H26N4O4S. The quantitative estimate of drug-likeness (QED) is 0.310. The smallest absolute Gasteiger partial charge is 0.244 e. The number of ether oxygens (including phenoxy) is 2. The third-order valence-electron chi connectivity index (χ3n) is 5.09. The average molecular weight is 491 g/mol. The van der Waals surface area contributed by atoms with Gasteiger partial charge in [-0.3, -0.25) is 9.59 Å². The lowest BCUT2D eigenvalue weighted by molar-refractivity contribution is -0.117. The van der Waals surface area contributed by atoms with Crippen LogP contribution in [0.2, 0.25) is 0 Å². The van der Waals surface area contributed by atoms with Gasteiger partial charge in [-0.05, 0) is 55.5 Å². The number of rotatable bonds is 10. The second-order valence-corrected chi connectivity index (χ2v) is 8.45. The van der Waals surface area contributed by atoms with E-state index in [1.54, 1.807) is 37.4 Å². The molecular weight excluding hydrogens is 464 g/mol. The van der Waals surface area contributed by atoms with Gasteiger partial charge >= 0.3 is 0 Å². The number of benzene rings is 3. The third kappa shape index (κ3) is 6.13. The van der Waals surface area contributed by atoms with Crippen molar-refractivity contribution in [3.63, 3.8) is 0 Å². The molecule has 2 N–H and O–H groups in total. The molecule has 0 bridgehead atoms. The van der Waals surface area contributed by atoms with Gasteiger partial charge in [0, 0.05) is 5.69 Å². The summed E-state index contributed by atoms with van der Waals surface area (Å²) < 4.78 is 12.6. The maximum atomic E-state index is 12.9. The Balaban J connectivity index is 1.47. The van der Waals surface area contributed by atoms with E-state index in [0.717, 1.165) is 11.0 Å². The van der Waals surface area contributed by atoms with Crippen LogP contribution >= 0.6 is 11.8 Å². The minimum atomic E-state index is -0.218. The van der Waals surface area contributed by atoms with Gasteiger partial charge in [0.2, 0.25) is 11.8 Å². The number of para-hydroxylation sites is 4. The molecule has 4 aromatic rings. The van der Waals surface area contributed by atoms with Crippen LogP contribution in [-0.2, 0) is 16.1 Å². The van der Waals surface area contributed by atoms with E-state index in [9.17, 15) is 9.59 Å². The second-order valence-electron chi connectivity index (χ2n) is 7.51. The summed E-state index contributed by atoms with van der Waals surface area (Å²) in [5, 5.41) is 6.37. The highest BCUT2D eigenvalue weighted by atomic mass is 32.2. The van der Waals surface area contributed by atoms with Crippen LogP contribution in [0.1, 0.15) is 6.92 Å². The highest BCUT2D eigenvalue weighted by Crippen LogP contribution is 2.26. The first kappa shape index (κ1) is 24.2. The number of imidazole rings is 1. The molecule has 3 aromatic carbocycles. The zero-order valence-corrected chi connectivity index (χ0v) is 20.3. The number of hydrogen-bond acceptors (Lipinski definition) is 6. The van der Waals surface area contributed by atoms with Crippen molar-refractivity contribution in [2.45, 2.75) is 18.6 Å². The maximum Gasteiger partial charge on any atom is 0.244 e. The fourth-order valence-electron chi connectivity index (χ4n) is 3.50. The van der Waals surface area contributed by atoms with Crippen LogP contribution in [0.15, 0.2) is 78.0 Å². The van der Waals surface area contributed by atoms with Gasteiger partial charge in [-0.2, -0.15) is 0 Å². The number of nitrogens with zero attached hydrogens (tertiary/aromatic N) is 2. The molecule has 0 aliphatic heterocycles. The minimum absolute atomic E-state index is 0.0450. The number of amides is 2. The number of carbonyl (C=O) groups is 2. The van der Waals surface area contributed by atoms with Crippen LogP contribution in [-0.4, -0.2) is 40.8 Å². The van der Waals surface area contributed by atoms with E-state index in [4.69, 9.17) is 9.47 Å². The van der Waals surface area contributed by atoms with Gasteiger partial charge in [0.15, 0.2) is 5.16 Å². The van der Waals surface area contributed by atoms with E-state index in [1.165, 1.54) is 11.8 Å². The fraction of sp³-hybridized carbons (Fsp3) is 0.192. The zero-order valence-electron chi connectivity index (χ0n) is 19.5. The molecule has 180 valence electrons. The molecule has 0 aliphatic carbocycles. The van der Waals surface area contributed by atoms with Gasteiger partial charge in [0.1, 0.15) is 18.0 Å². The van der Waals surface area contributed by atoms with Crippen molar-refractivity contribution in [1.29, 1.82) is 0 Å². The van der Waals surface area contributed by atoms with Crippen molar-refractivity contribution in [1.82, 2.24) is 9.55 Å². The fourth-order valence-corrected chi connectivity index (χ4v) is 4.32. The summed E-state index contributed by atoms with van der Waals surface area (Å²) in [7, 11) is 1.59. The lowest BCUT2D eigenvalue weighted by atomic mass is 10.3. The number of methoxy groups -OCH3 is 1. The summed E-state index contributed by atoms with van der Waals surface area (Å²) in [6, 6.07) is 22.0. The first-order chi connectivity index (χ1) is 17.1. The molecule has 8 nitrogen and oxygen atoms in total. The summed E-state index contributed by atoms with van der Waals surface area (Å²) in [5.41, 5.74) is 2.86. The molecule has 1 heterocycles. The van der Waals surface area contributed by atoms with Crippen LogP contribution in [0, 0.1) is 0 Å². The molecule has 0 radical (unpaired) electrons. The topological polar surface area (TPSA) is 94.5 Å². The van der Waals surface area contributed by atoms with E-state index in [0.29, 0.717) is 34.6 Å². The predicted molar refractivity (Wildman–Crippen MR) is 138 cm³/mol. The van der Waals surface area contributed by atoms with E-state index in [1.807, 2.05) is 54.0 Å². The SMILES string of the molecule is CCOc1ccccc1NC(=O)Cn1c(SCC(=O)Nc2ccc(OC)cc2)nc2ccccc21. The van der Waals surface area contributed by atoms with Gasteiger partial charge in [0.25, 0.3) is 0 Å².